The number of carbonyl (C=O) groups is 1. The minimum Gasteiger partial charge on any atom is -0.482 e. The number of benzene rings is 1. The van der Waals surface area contributed by atoms with Crippen molar-refractivity contribution in [3.05, 3.63) is 74.9 Å². The van der Waals surface area contributed by atoms with Crippen LogP contribution in [0.2, 0.25) is 0 Å². The van der Waals surface area contributed by atoms with Gasteiger partial charge in [0.15, 0.2) is 5.60 Å². The average molecular weight is 521 g/mol. The van der Waals surface area contributed by atoms with Crippen molar-refractivity contribution in [2.24, 2.45) is 11.7 Å². The van der Waals surface area contributed by atoms with Crippen LogP contribution in [-0.4, -0.2) is 35.4 Å². The quantitative estimate of drug-likeness (QED) is 0.299. The van der Waals surface area contributed by atoms with Crippen LogP contribution in [0.15, 0.2) is 62.6 Å². The van der Waals surface area contributed by atoms with Crippen molar-refractivity contribution < 1.29 is 23.8 Å². The summed E-state index contributed by atoms with van der Waals surface area (Å²) in [5, 5.41) is 13.1. The lowest BCUT2D eigenvalue weighted by molar-refractivity contribution is -0.198. The molecule has 202 valence electrons. The second-order valence-corrected chi connectivity index (χ2v) is 10.8. The number of fused-ring (bicyclic) bond motifs is 2. The molecule has 1 aromatic heterocycles. The van der Waals surface area contributed by atoms with E-state index in [9.17, 15) is 14.7 Å². The van der Waals surface area contributed by atoms with E-state index in [4.69, 9.17) is 19.6 Å². The van der Waals surface area contributed by atoms with Crippen LogP contribution in [0.1, 0.15) is 57.6 Å². The highest BCUT2D eigenvalue weighted by molar-refractivity contribution is 5.88. The first-order valence-corrected chi connectivity index (χ1v) is 13.4. The van der Waals surface area contributed by atoms with E-state index >= 15 is 0 Å². The number of aryl methyl sites for hydroxylation is 1. The number of dihydropyridines is 1. The topological polar surface area (TPSA) is 124 Å². The second-order valence-electron chi connectivity index (χ2n) is 10.8. The minimum atomic E-state index is -0.913. The van der Waals surface area contributed by atoms with E-state index in [1.165, 1.54) is 0 Å². The molecule has 1 saturated carbocycles. The molecule has 4 N–H and O–H groups in total. The van der Waals surface area contributed by atoms with Gasteiger partial charge in [-0.1, -0.05) is 12.2 Å². The van der Waals surface area contributed by atoms with Gasteiger partial charge in [0.2, 0.25) is 0 Å². The summed E-state index contributed by atoms with van der Waals surface area (Å²) in [6, 6.07) is 5.63. The zero-order chi connectivity index (χ0) is 27.1. The van der Waals surface area contributed by atoms with E-state index in [0.717, 1.165) is 29.4 Å². The smallest absolute Gasteiger partial charge is 0.339 e. The van der Waals surface area contributed by atoms with Gasteiger partial charge in [-0.3, -0.25) is 0 Å². The fourth-order valence-corrected chi connectivity index (χ4v) is 6.17. The maximum absolute atomic E-state index is 13.1. The highest BCUT2D eigenvalue weighted by atomic mass is 16.6. The zero-order valence-corrected chi connectivity index (χ0v) is 22.3. The first-order valence-electron chi connectivity index (χ1n) is 13.4. The molecule has 38 heavy (non-hydrogen) atoms. The van der Waals surface area contributed by atoms with Crippen LogP contribution in [0.3, 0.4) is 0 Å². The summed E-state index contributed by atoms with van der Waals surface area (Å²) >= 11 is 0. The molecular formula is C30H36N2O6. The van der Waals surface area contributed by atoms with Crippen molar-refractivity contribution >= 4 is 16.9 Å². The van der Waals surface area contributed by atoms with Gasteiger partial charge in [-0.25, -0.2) is 9.59 Å². The molecule has 3 atom stereocenters. The molecule has 8 heteroatoms. The summed E-state index contributed by atoms with van der Waals surface area (Å²) in [4.78, 5) is 25.6. The highest BCUT2D eigenvalue weighted by Gasteiger charge is 2.63. The van der Waals surface area contributed by atoms with Crippen molar-refractivity contribution in [3.8, 4) is 5.75 Å². The van der Waals surface area contributed by atoms with E-state index in [1.807, 2.05) is 32.1 Å². The molecule has 0 bridgehead atoms. The van der Waals surface area contributed by atoms with E-state index in [1.54, 1.807) is 19.1 Å². The molecule has 0 saturated heterocycles. The molecule has 0 amide bonds. The number of aliphatic hydroxyl groups excluding tert-OH is 1. The molecule has 0 unspecified atom stereocenters. The summed E-state index contributed by atoms with van der Waals surface area (Å²) in [5.41, 5.74) is 7.55. The number of hydrogen-bond acceptors (Lipinski definition) is 8. The molecule has 3 heterocycles. The van der Waals surface area contributed by atoms with Gasteiger partial charge in [0, 0.05) is 48.1 Å². The maximum Gasteiger partial charge on any atom is 0.339 e. The van der Waals surface area contributed by atoms with Crippen molar-refractivity contribution in [3.63, 3.8) is 0 Å². The summed E-state index contributed by atoms with van der Waals surface area (Å²) in [6.07, 6.45) is 9.70. The van der Waals surface area contributed by atoms with Gasteiger partial charge in [-0.2, -0.15) is 0 Å². The molecule has 0 radical (unpaired) electrons. The Bertz CT molecular complexity index is 1420. The molecule has 1 aliphatic carbocycles. The van der Waals surface area contributed by atoms with Crippen LogP contribution >= 0.6 is 0 Å². The number of rotatable bonds is 6. The Hall–Kier alpha value is -3.52. The molecule has 5 rings (SSSR count). The molecule has 1 fully saturated rings. The zero-order valence-electron chi connectivity index (χ0n) is 22.3. The van der Waals surface area contributed by atoms with E-state index in [-0.39, 0.29) is 18.5 Å². The van der Waals surface area contributed by atoms with Gasteiger partial charge in [0.05, 0.1) is 5.82 Å². The molecular weight excluding hydrogens is 484 g/mol. The first kappa shape index (κ1) is 26.1. The third kappa shape index (κ3) is 4.41. The van der Waals surface area contributed by atoms with E-state index < -0.39 is 16.8 Å². The largest absolute Gasteiger partial charge is 0.482 e. The van der Waals surface area contributed by atoms with Crippen molar-refractivity contribution in [2.75, 3.05) is 13.2 Å². The van der Waals surface area contributed by atoms with Crippen molar-refractivity contribution in [1.82, 2.24) is 5.32 Å². The molecule has 2 aromatic rings. The lowest BCUT2D eigenvalue weighted by Gasteiger charge is -2.53. The summed E-state index contributed by atoms with van der Waals surface area (Å²) in [7, 11) is 0. The number of nitrogens with two attached hydrogens (primary N) is 1. The summed E-state index contributed by atoms with van der Waals surface area (Å²) < 4.78 is 18.8. The van der Waals surface area contributed by atoms with E-state index in [2.05, 4.69) is 11.4 Å². The third-order valence-corrected chi connectivity index (χ3v) is 8.38. The number of esters is 1. The van der Waals surface area contributed by atoms with Crippen LogP contribution in [0.5, 0.6) is 5.75 Å². The Balaban J connectivity index is 1.61. The molecule has 2 aliphatic heterocycles. The van der Waals surface area contributed by atoms with Crippen LogP contribution in [0.4, 0.5) is 0 Å². The fraction of sp³-hybridized carbons (Fsp3) is 0.467. The molecule has 8 nitrogen and oxygen atoms in total. The van der Waals surface area contributed by atoms with Gasteiger partial charge in [0.25, 0.3) is 0 Å². The molecule has 1 aromatic carbocycles. The average Bonchev–Trinajstić information content (AvgIpc) is 3.26. The maximum atomic E-state index is 13.1. The Morgan fingerprint density at radius 3 is 2.89 bits per heavy atom. The number of nitrogens with one attached hydrogen (secondary N) is 1. The van der Waals surface area contributed by atoms with Crippen molar-refractivity contribution in [1.29, 1.82) is 0 Å². The van der Waals surface area contributed by atoms with Crippen LogP contribution in [0.25, 0.3) is 11.0 Å². The van der Waals surface area contributed by atoms with Gasteiger partial charge in [0.1, 0.15) is 16.9 Å². The Morgan fingerprint density at radius 1 is 1.34 bits per heavy atom. The predicted octanol–water partition coefficient (Wildman–Crippen LogP) is 3.79. The fourth-order valence-electron chi connectivity index (χ4n) is 6.17. The Kier molecular flexibility index (Phi) is 6.86. The van der Waals surface area contributed by atoms with Gasteiger partial charge < -0.3 is 30.0 Å². The summed E-state index contributed by atoms with van der Waals surface area (Å²) in [6.45, 7) is 6.19. The van der Waals surface area contributed by atoms with Crippen LogP contribution < -0.4 is 21.4 Å². The highest BCUT2D eigenvalue weighted by Crippen LogP contribution is 2.55. The molecule has 3 aliphatic rings. The van der Waals surface area contributed by atoms with Crippen LogP contribution in [-0.2, 0) is 22.4 Å². The SMILES string of the molecule is C/C=C(\C)C(=O)O[C@]1(C)CCC[C@H](C2=CCNC(N)=C2)[C@]12Cc1cc3cc(CCCO)c(=O)oc3cc1O2. The summed E-state index contributed by atoms with van der Waals surface area (Å²) in [5.74, 6) is 0.814. The standard InChI is InChI=1S/C30H36N2O6/c1-4-18(2)27(34)38-29(3)10-5-8-23(19-9-11-32-26(31)15-19)30(29)17-22-14-21-13-20(7-6-12-33)28(35)36-24(21)16-25(22)37-30/h4,9,13-16,23,32-33H,5-8,10-12,17,31H2,1-3H3/b18-4+/t23-,29-,30-/m1/s1. The minimum absolute atomic E-state index is 0.00768. The van der Waals surface area contributed by atoms with Gasteiger partial charge in [-0.05, 0) is 82.2 Å². The normalized spacial score (nSPS) is 26.8. The lowest BCUT2D eigenvalue weighted by Crippen LogP contribution is -2.64. The van der Waals surface area contributed by atoms with Crippen LogP contribution in [0, 0.1) is 5.92 Å². The number of carbonyl (C=O) groups excluding carboxylic acids is 1. The number of hydrogen-bond donors (Lipinski definition) is 3. The van der Waals surface area contributed by atoms with Crippen molar-refractivity contribution in [2.45, 2.75) is 70.5 Å². The number of allylic oxidation sites excluding steroid dienone is 2. The Morgan fingerprint density at radius 2 is 2.16 bits per heavy atom. The monoisotopic (exact) mass is 520 g/mol. The van der Waals surface area contributed by atoms with Gasteiger partial charge >= 0.3 is 11.6 Å². The predicted molar refractivity (Wildman–Crippen MR) is 145 cm³/mol. The molecule has 1 spiro atoms. The lowest BCUT2D eigenvalue weighted by atomic mass is 9.61. The first-order chi connectivity index (χ1) is 18.2. The third-order valence-electron chi connectivity index (χ3n) is 8.38. The second kappa shape index (κ2) is 9.98. The number of ether oxygens (including phenoxy) is 2. The van der Waals surface area contributed by atoms with E-state index in [0.29, 0.717) is 60.5 Å². The Labute approximate surface area is 222 Å². The van der Waals surface area contributed by atoms with Gasteiger partial charge in [-0.15, -0.1) is 0 Å². The number of aliphatic hydroxyl groups is 1.